The summed E-state index contributed by atoms with van der Waals surface area (Å²) in [6.07, 6.45) is 0. The van der Waals surface area contributed by atoms with E-state index in [1.54, 1.807) is 18.2 Å². The first-order valence-electron chi connectivity index (χ1n) is 6.65. The van der Waals surface area contributed by atoms with Crippen molar-refractivity contribution in [2.75, 3.05) is 7.11 Å². The summed E-state index contributed by atoms with van der Waals surface area (Å²) in [5.41, 5.74) is 4.28. The quantitative estimate of drug-likeness (QED) is 0.625. The zero-order valence-electron chi connectivity index (χ0n) is 12.4. The van der Waals surface area contributed by atoms with Crippen molar-refractivity contribution in [1.29, 1.82) is 0 Å². The number of nitrogens with zero attached hydrogens (tertiary/aromatic N) is 1. The van der Waals surface area contributed by atoms with Crippen LogP contribution in [0.3, 0.4) is 0 Å². The fourth-order valence-electron chi connectivity index (χ4n) is 1.83. The number of non-ortho nitro benzene ring substituents is 1. The zero-order chi connectivity index (χ0) is 16.8. The van der Waals surface area contributed by atoms with Crippen molar-refractivity contribution in [3.05, 3.63) is 76.1 Å². The fraction of sp³-hybridized carbons (Fsp3) is 0.125. The molecule has 2 rings (SSSR count). The second-order valence-corrected chi connectivity index (χ2v) is 4.64. The van der Waals surface area contributed by atoms with Gasteiger partial charge in [0, 0.05) is 17.7 Å². The lowest BCUT2D eigenvalue weighted by Crippen LogP contribution is -2.12. The molecule has 7 heteroatoms. The molecule has 0 aliphatic rings. The molecule has 23 heavy (non-hydrogen) atoms. The minimum absolute atomic E-state index is 0.0137. The average molecular weight is 318 g/mol. The largest absolute Gasteiger partial charge is 0.494 e. The molecule has 0 heterocycles. The highest BCUT2D eigenvalue weighted by molar-refractivity contribution is 5.61. The van der Waals surface area contributed by atoms with E-state index in [2.05, 4.69) is 12.1 Å². The van der Waals surface area contributed by atoms with E-state index in [-0.39, 0.29) is 18.0 Å². The summed E-state index contributed by atoms with van der Waals surface area (Å²) in [6.45, 7) is 3.93. The van der Waals surface area contributed by atoms with Crippen LogP contribution in [-0.4, -0.2) is 12.0 Å². The molecule has 1 N–H and O–H groups in total. The highest BCUT2D eigenvalue weighted by Gasteiger charge is 2.07. The summed E-state index contributed by atoms with van der Waals surface area (Å²) >= 11 is 0. The number of benzene rings is 2. The summed E-state index contributed by atoms with van der Waals surface area (Å²) in [7, 11) is 1.39. The molecule has 0 saturated heterocycles. The van der Waals surface area contributed by atoms with Gasteiger partial charge in [0.15, 0.2) is 11.6 Å². The molecule has 0 radical (unpaired) electrons. The van der Waals surface area contributed by atoms with Gasteiger partial charge in [0.2, 0.25) is 0 Å². The average Bonchev–Trinajstić information content (AvgIpc) is 2.55. The maximum Gasteiger partial charge on any atom is 0.269 e. The van der Waals surface area contributed by atoms with Gasteiger partial charge in [-0.05, 0) is 35.9 Å². The Kier molecular flexibility index (Phi) is 5.27. The van der Waals surface area contributed by atoms with Gasteiger partial charge in [0.25, 0.3) is 5.69 Å². The monoisotopic (exact) mass is 318 g/mol. The number of hydrogen-bond acceptors (Lipinski definition) is 5. The molecular formula is C16H15FN2O4. The zero-order valence-corrected chi connectivity index (χ0v) is 12.4. The number of nitro groups is 1. The van der Waals surface area contributed by atoms with Gasteiger partial charge in [-0.1, -0.05) is 6.58 Å². The van der Waals surface area contributed by atoms with E-state index >= 15 is 0 Å². The van der Waals surface area contributed by atoms with Gasteiger partial charge in [-0.2, -0.15) is 0 Å². The minimum atomic E-state index is -0.497. The topological polar surface area (TPSA) is 73.6 Å². The molecule has 0 aliphatic heterocycles. The summed E-state index contributed by atoms with van der Waals surface area (Å²) in [6, 6.07) is 10.4. The van der Waals surface area contributed by atoms with Crippen molar-refractivity contribution < 1.29 is 18.9 Å². The SMILES string of the molecule is C=C(NOCc1ccc([N+](=O)[O-])cc1)c1ccc(OC)c(F)c1. The van der Waals surface area contributed by atoms with Gasteiger partial charge >= 0.3 is 0 Å². The maximum absolute atomic E-state index is 13.6. The number of hydroxylamine groups is 1. The minimum Gasteiger partial charge on any atom is -0.494 e. The Balaban J connectivity index is 1.89. The van der Waals surface area contributed by atoms with Crippen molar-refractivity contribution >= 4 is 11.4 Å². The van der Waals surface area contributed by atoms with E-state index in [4.69, 9.17) is 9.57 Å². The number of ether oxygens (including phenoxy) is 1. The van der Waals surface area contributed by atoms with Crippen molar-refractivity contribution in [3.8, 4) is 5.75 Å². The van der Waals surface area contributed by atoms with Crippen LogP contribution in [0.5, 0.6) is 5.75 Å². The molecule has 0 aromatic heterocycles. The van der Waals surface area contributed by atoms with Crippen LogP contribution in [0.15, 0.2) is 49.0 Å². The molecule has 6 nitrogen and oxygen atoms in total. The first-order chi connectivity index (χ1) is 11.0. The Hall–Kier alpha value is -2.93. The third kappa shape index (κ3) is 4.27. The third-order valence-electron chi connectivity index (χ3n) is 3.08. The van der Waals surface area contributed by atoms with Crippen LogP contribution in [0.4, 0.5) is 10.1 Å². The second kappa shape index (κ2) is 7.37. The molecule has 2 aromatic rings. The molecular weight excluding hydrogens is 303 g/mol. The van der Waals surface area contributed by atoms with Crippen molar-refractivity contribution in [3.63, 3.8) is 0 Å². The Labute approximate surface area is 132 Å². The number of nitrogens with one attached hydrogen (secondary N) is 1. The lowest BCUT2D eigenvalue weighted by Gasteiger charge is -2.11. The third-order valence-corrected chi connectivity index (χ3v) is 3.08. The highest BCUT2D eigenvalue weighted by atomic mass is 19.1. The van der Waals surface area contributed by atoms with E-state index in [1.807, 2.05) is 0 Å². The molecule has 0 atom stereocenters. The van der Waals surface area contributed by atoms with Crippen molar-refractivity contribution in [1.82, 2.24) is 5.48 Å². The number of hydrogen-bond donors (Lipinski definition) is 1. The molecule has 0 fully saturated rings. The van der Waals surface area contributed by atoms with E-state index in [0.717, 1.165) is 5.56 Å². The van der Waals surface area contributed by atoms with Crippen molar-refractivity contribution in [2.24, 2.45) is 0 Å². The summed E-state index contributed by atoms with van der Waals surface area (Å²) < 4.78 is 18.5. The van der Waals surface area contributed by atoms with Gasteiger partial charge in [-0.25, -0.2) is 4.39 Å². The molecule has 120 valence electrons. The van der Waals surface area contributed by atoms with Crippen LogP contribution in [0.2, 0.25) is 0 Å². The van der Waals surface area contributed by atoms with E-state index < -0.39 is 10.7 Å². The van der Waals surface area contributed by atoms with Gasteiger partial charge in [-0.3, -0.25) is 20.4 Å². The van der Waals surface area contributed by atoms with Gasteiger partial charge in [0.05, 0.1) is 24.3 Å². The predicted octanol–water partition coefficient (Wildman–Crippen LogP) is 3.43. The van der Waals surface area contributed by atoms with E-state index in [0.29, 0.717) is 11.3 Å². The van der Waals surface area contributed by atoms with Crippen LogP contribution < -0.4 is 10.2 Å². The van der Waals surface area contributed by atoms with Crippen LogP contribution in [-0.2, 0) is 11.4 Å². The van der Waals surface area contributed by atoms with E-state index in [9.17, 15) is 14.5 Å². The fourth-order valence-corrected chi connectivity index (χ4v) is 1.83. The number of methoxy groups -OCH3 is 1. The summed E-state index contributed by atoms with van der Waals surface area (Å²) in [4.78, 5) is 15.3. The predicted molar refractivity (Wildman–Crippen MR) is 83.0 cm³/mol. The Morgan fingerprint density at radius 3 is 2.57 bits per heavy atom. The highest BCUT2D eigenvalue weighted by Crippen LogP contribution is 2.20. The van der Waals surface area contributed by atoms with Crippen molar-refractivity contribution in [2.45, 2.75) is 6.61 Å². The Morgan fingerprint density at radius 2 is 2.00 bits per heavy atom. The number of rotatable bonds is 7. The molecule has 0 saturated carbocycles. The van der Waals surface area contributed by atoms with Gasteiger partial charge in [-0.15, -0.1) is 0 Å². The normalized spacial score (nSPS) is 10.2. The lowest BCUT2D eigenvalue weighted by atomic mass is 10.1. The van der Waals surface area contributed by atoms with Gasteiger partial charge in [0.1, 0.15) is 0 Å². The Morgan fingerprint density at radius 1 is 1.30 bits per heavy atom. The number of halogens is 1. The van der Waals surface area contributed by atoms with Gasteiger partial charge < -0.3 is 4.74 Å². The number of nitro benzene ring substituents is 1. The van der Waals surface area contributed by atoms with Crippen LogP contribution in [0, 0.1) is 15.9 Å². The van der Waals surface area contributed by atoms with Crippen LogP contribution in [0.25, 0.3) is 5.70 Å². The first kappa shape index (κ1) is 16.4. The molecule has 0 amide bonds. The first-order valence-corrected chi connectivity index (χ1v) is 6.65. The lowest BCUT2D eigenvalue weighted by molar-refractivity contribution is -0.384. The standard InChI is InChI=1S/C16H15FN2O4/c1-11(13-5-8-16(22-2)15(17)9-13)18-23-10-12-3-6-14(7-4-12)19(20)21/h3-9,18H,1,10H2,2H3. The molecule has 0 spiro atoms. The van der Waals surface area contributed by atoms with Crippen LogP contribution in [0.1, 0.15) is 11.1 Å². The molecule has 0 unspecified atom stereocenters. The van der Waals surface area contributed by atoms with Crippen LogP contribution >= 0.6 is 0 Å². The Bertz CT molecular complexity index is 717. The molecule has 2 aromatic carbocycles. The molecule has 0 aliphatic carbocycles. The maximum atomic E-state index is 13.6. The summed E-state index contributed by atoms with van der Waals surface area (Å²) in [5, 5.41) is 10.6. The molecule has 0 bridgehead atoms. The van der Waals surface area contributed by atoms with E-state index in [1.165, 1.54) is 31.4 Å². The summed E-state index contributed by atoms with van der Waals surface area (Å²) in [5.74, 6) is -0.350. The smallest absolute Gasteiger partial charge is 0.269 e. The second-order valence-electron chi connectivity index (χ2n) is 4.64.